The normalized spacial score (nSPS) is 19.6. The molecule has 0 bridgehead atoms. The van der Waals surface area contributed by atoms with E-state index in [9.17, 15) is 5.11 Å². The number of aliphatic hydroxyl groups excluding tert-OH is 1. The van der Waals surface area contributed by atoms with Crippen LogP contribution in [-0.2, 0) is 0 Å². The summed E-state index contributed by atoms with van der Waals surface area (Å²) in [4.78, 5) is 0. The first-order valence-corrected chi connectivity index (χ1v) is 6.69. The number of hydrogen-bond donors (Lipinski definition) is 2. The van der Waals surface area contributed by atoms with Crippen LogP contribution in [-0.4, -0.2) is 18.2 Å². The summed E-state index contributed by atoms with van der Waals surface area (Å²) < 4.78 is 0. The second kappa shape index (κ2) is 5.65. The molecule has 1 aliphatic rings. The fourth-order valence-corrected chi connectivity index (χ4v) is 2.60. The molecule has 1 aromatic carbocycles. The van der Waals surface area contributed by atoms with Crippen molar-refractivity contribution >= 4 is 0 Å². The van der Waals surface area contributed by atoms with Crippen molar-refractivity contribution in [2.24, 2.45) is 5.41 Å². The minimum atomic E-state index is -0.384. The molecule has 0 aromatic heterocycles. The van der Waals surface area contributed by atoms with Crippen LogP contribution in [0.3, 0.4) is 0 Å². The lowest BCUT2D eigenvalue weighted by atomic mass is 9.67. The van der Waals surface area contributed by atoms with E-state index in [1.165, 1.54) is 25.7 Å². The maximum atomic E-state index is 10.0. The van der Waals surface area contributed by atoms with E-state index in [1.807, 2.05) is 30.3 Å². The lowest BCUT2D eigenvalue weighted by molar-refractivity contribution is 0.110. The standard InChI is InChI=1S/C15H23NO/c1-2-15(9-6-10-15)12-16-11-14(17)13-7-4-3-5-8-13/h3-5,7-8,14,16-17H,2,6,9-12H2,1H3. The van der Waals surface area contributed by atoms with Gasteiger partial charge in [0.05, 0.1) is 6.10 Å². The van der Waals surface area contributed by atoms with Gasteiger partial charge >= 0.3 is 0 Å². The highest BCUT2D eigenvalue weighted by Crippen LogP contribution is 2.43. The molecule has 0 spiro atoms. The Balaban J connectivity index is 1.75. The fraction of sp³-hybridized carbons (Fsp3) is 0.600. The van der Waals surface area contributed by atoms with E-state index in [2.05, 4.69) is 12.2 Å². The molecule has 2 rings (SSSR count). The SMILES string of the molecule is CCC1(CNCC(O)c2ccccc2)CCC1. The predicted octanol–water partition coefficient (Wildman–Crippen LogP) is 2.89. The molecular weight excluding hydrogens is 210 g/mol. The number of rotatable bonds is 6. The van der Waals surface area contributed by atoms with Crippen LogP contribution in [0.4, 0.5) is 0 Å². The minimum Gasteiger partial charge on any atom is -0.387 e. The van der Waals surface area contributed by atoms with Gasteiger partial charge in [0.1, 0.15) is 0 Å². The summed E-state index contributed by atoms with van der Waals surface area (Å²) in [5, 5.41) is 13.4. The van der Waals surface area contributed by atoms with E-state index >= 15 is 0 Å². The van der Waals surface area contributed by atoms with Crippen molar-refractivity contribution in [2.45, 2.75) is 38.7 Å². The molecule has 1 saturated carbocycles. The molecule has 1 atom stereocenters. The largest absolute Gasteiger partial charge is 0.387 e. The van der Waals surface area contributed by atoms with Crippen molar-refractivity contribution in [1.82, 2.24) is 5.32 Å². The van der Waals surface area contributed by atoms with Gasteiger partial charge in [-0.05, 0) is 30.2 Å². The maximum absolute atomic E-state index is 10.0. The van der Waals surface area contributed by atoms with Gasteiger partial charge < -0.3 is 10.4 Å². The molecular formula is C15H23NO. The lowest BCUT2D eigenvalue weighted by Crippen LogP contribution is -2.40. The number of hydrogen-bond acceptors (Lipinski definition) is 2. The molecule has 2 N–H and O–H groups in total. The topological polar surface area (TPSA) is 32.3 Å². The second-order valence-electron chi connectivity index (χ2n) is 5.26. The first kappa shape index (κ1) is 12.6. The first-order valence-electron chi connectivity index (χ1n) is 6.69. The van der Waals surface area contributed by atoms with Crippen LogP contribution in [0.5, 0.6) is 0 Å². The highest BCUT2D eigenvalue weighted by atomic mass is 16.3. The summed E-state index contributed by atoms with van der Waals surface area (Å²) in [6.07, 6.45) is 4.93. The average molecular weight is 233 g/mol. The van der Waals surface area contributed by atoms with Crippen LogP contribution in [0.15, 0.2) is 30.3 Å². The molecule has 1 fully saturated rings. The van der Waals surface area contributed by atoms with Crippen LogP contribution in [0.2, 0.25) is 0 Å². The molecule has 2 nitrogen and oxygen atoms in total. The molecule has 1 unspecified atom stereocenters. The molecule has 0 amide bonds. The smallest absolute Gasteiger partial charge is 0.0914 e. The Morgan fingerprint density at radius 3 is 2.53 bits per heavy atom. The van der Waals surface area contributed by atoms with E-state index in [0.29, 0.717) is 12.0 Å². The third kappa shape index (κ3) is 3.08. The molecule has 94 valence electrons. The van der Waals surface area contributed by atoms with E-state index < -0.39 is 0 Å². The monoisotopic (exact) mass is 233 g/mol. The van der Waals surface area contributed by atoms with Crippen LogP contribution >= 0.6 is 0 Å². The molecule has 0 aliphatic heterocycles. The maximum Gasteiger partial charge on any atom is 0.0914 e. The van der Waals surface area contributed by atoms with Gasteiger partial charge in [-0.25, -0.2) is 0 Å². The first-order chi connectivity index (χ1) is 8.26. The molecule has 0 saturated heterocycles. The molecule has 1 aromatic rings. The van der Waals surface area contributed by atoms with Crippen molar-refractivity contribution in [3.63, 3.8) is 0 Å². The van der Waals surface area contributed by atoms with Gasteiger partial charge in [0, 0.05) is 13.1 Å². The highest BCUT2D eigenvalue weighted by molar-refractivity contribution is 5.17. The van der Waals surface area contributed by atoms with Crippen molar-refractivity contribution in [3.8, 4) is 0 Å². The van der Waals surface area contributed by atoms with E-state index in [-0.39, 0.29) is 6.10 Å². The van der Waals surface area contributed by atoms with Crippen molar-refractivity contribution in [3.05, 3.63) is 35.9 Å². The van der Waals surface area contributed by atoms with Crippen LogP contribution in [0.25, 0.3) is 0 Å². The Kier molecular flexibility index (Phi) is 4.19. The van der Waals surface area contributed by atoms with Gasteiger partial charge in [0.2, 0.25) is 0 Å². The Labute approximate surface area is 104 Å². The van der Waals surface area contributed by atoms with Crippen LogP contribution in [0, 0.1) is 5.41 Å². The van der Waals surface area contributed by atoms with Crippen molar-refractivity contribution in [1.29, 1.82) is 0 Å². The van der Waals surface area contributed by atoms with Crippen molar-refractivity contribution < 1.29 is 5.11 Å². The van der Waals surface area contributed by atoms with Crippen molar-refractivity contribution in [2.75, 3.05) is 13.1 Å². The zero-order chi connectivity index (χ0) is 12.1. The minimum absolute atomic E-state index is 0.384. The molecule has 17 heavy (non-hydrogen) atoms. The molecule has 2 heteroatoms. The van der Waals surface area contributed by atoms with Gasteiger partial charge in [0.15, 0.2) is 0 Å². The summed E-state index contributed by atoms with van der Waals surface area (Å²) in [6, 6.07) is 9.87. The summed E-state index contributed by atoms with van der Waals surface area (Å²) >= 11 is 0. The quantitative estimate of drug-likeness (QED) is 0.792. The zero-order valence-corrected chi connectivity index (χ0v) is 10.7. The Hall–Kier alpha value is -0.860. The summed E-state index contributed by atoms with van der Waals surface area (Å²) in [7, 11) is 0. The second-order valence-corrected chi connectivity index (χ2v) is 5.26. The van der Waals surface area contributed by atoms with E-state index in [4.69, 9.17) is 0 Å². The van der Waals surface area contributed by atoms with Gasteiger partial charge in [-0.15, -0.1) is 0 Å². The Morgan fingerprint density at radius 1 is 1.29 bits per heavy atom. The molecule has 0 radical (unpaired) electrons. The summed E-state index contributed by atoms with van der Waals surface area (Å²) in [6.45, 7) is 3.98. The lowest BCUT2D eigenvalue weighted by Gasteiger charge is -2.41. The Morgan fingerprint density at radius 2 is 2.00 bits per heavy atom. The van der Waals surface area contributed by atoms with Gasteiger partial charge in [-0.3, -0.25) is 0 Å². The fourth-order valence-electron chi connectivity index (χ4n) is 2.60. The zero-order valence-electron chi connectivity index (χ0n) is 10.7. The highest BCUT2D eigenvalue weighted by Gasteiger charge is 2.34. The van der Waals surface area contributed by atoms with Crippen LogP contribution < -0.4 is 5.32 Å². The van der Waals surface area contributed by atoms with Crippen LogP contribution in [0.1, 0.15) is 44.3 Å². The van der Waals surface area contributed by atoms with E-state index in [1.54, 1.807) is 0 Å². The number of nitrogens with one attached hydrogen (secondary N) is 1. The molecule has 0 heterocycles. The molecule has 1 aliphatic carbocycles. The third-order valence-electron chi connectivity index (χ3n) is 4.19. The van der Waals surface area contributed by atoms with Gasteiger partial charge in [-0.1, -0.05) is 43.7 Å². The Bertz CT molecular complexity index is 327. The predicted molar refractivity (Wildman–Crippen MR) is 70.8 cm³/mol. The van der Waals surface area contributed by atoms with Gasteiger partial charge in [-0.2, -0.15) is 0 Å². The summed E-state index contributed by atoms with van der Waals surface area (Å²) in [5.41, 5.74) is 1.52. The number of benzene rings is 1. The summed E-state index contributed by atoms with van der Waals surface area (Å²) in [5.74, 6) is 0. The van der Waals surface area contributed by atoms with E-state index in [0.717, 1.165) is 12.1 Å². The number of aliphatic hydroxyl groups is 1. The average Bonchev–Trinajstić information content (AvgIpc) is 2.33. The third-order valence-corrected chi connectivity index (χ3v) is 4.19. The van der Waals surface area contributed by atoms with Gasteiger partial charge in [0.25, 0.3) is 0 Å².